The van der Waals surface area contributed by atoms with E-state index in [9.17, 15) is 9.59 Å². The molecule has 1 aliphatic rings. The number of carbonyl (C=O) groups excluding carboxylic acids is 1. The van der Waals surface area contributed by atoms with Crippen LogP contribution in [0.3, 0.4) is 0 Å². The van der Waals surface area contributed by atoms with Gasteiger partial charge in [0.15, 0.2) is 11.9 Å². The zero-order valence-electron chi connectivity index (χ0n) is 14.7. The van der Waals surface area contributed by atoms with Gasteiger partial charge >= 0.3 is 5.63 Å². The molecule has 1 saturated carbocycles. The number of rotatable bonds is 3. The van der Waals surface area contributed by atoms with Gasteiger partial charge in [-0.2, -0.15) is 0 Å². The van der Waals surface area contributed by atoms with Crippen LogP contribution in [-0.4, -0.2) is 11.9 Å². The maximum Gasteiger partial charge on any atom is 0.336 e. The topological polar surface area (TPSA) is 56.5 Å². The van der Waals surface area contributed by atoms with Gasteiger partial charge in [0.25, 0.3) is 0 Å². The Morgan fingerprint density at radius 2 is 1.85 bits per heavy atom. The van der Waals surface area contributed by atoms with E-state index in [-0.39, 0.29) is 5.78 Å². The van der Waals surface area contributed by atoms with Crippen molar-refractivity contribution in [3.63, 3.8) is 0 Å². The predicted octanol–water partition coefficient (Wildman–Crippen LogP) is 4.66. The van der Waals surface area contributed by atoms with Crippen LogP contribution in [0.25, 0.3) is 22.1 Å². The van der Waals surface area contributed by atoms with E-state index in [1.165, 1.54) is 6.07 Å². The Morgan fingerprint density at radius 1 is 1.04 bits per heavy atom. The second-order valence-electron chi connectivity index (χ2n) is 6.80. The Labute approximate surface area is 151 Å². The van der Waals surface area contributed by atoms with Gasteiger partial charge in [-0.3, -0.25) is 4.79 Å². The summed E-state index contributed by atoms with van der Waals surface area (Å²) in [5.74, 6) is 0.743. The number of aryl methyl sites for hydroxylation is 1. The Balaban J connectivity index is 1.91. The lowest BCUT2D eigenvalue weighted by molar-refractivity contribution is -0.127. The van der Waals surface area contributed by atoms with Crippen LogP contribution in [0.2, 0.25) is 0 Å². The summed E-state index contributed by atoms with van der Waals surface area (Å²) in [5, 5.41) is 0.736. The number of hydrogen-bond donors (Lipinski definition) is 0. The van der Waals surface area contributed by atoms with Crippen molar-refractivity contribution in [1.82, 2.24) is 0 Å². The fourth-order valence-electron chi connectivity index (χ4n) is 3.56. The molecule has 1 aromatic heterocycles. The molecule has 26 heavy (non-hydrogen) atoms. The Kier molecular flexibility index (Phi) is 4.33. The molecule has 0 bridgehead atoms. The average Bonchev–Trinajstić information content (AvgIpc) is 2.63. The molecule has 4 nitrogen and oxygen atoms in total. The molecule has 132 valence electrons. The second kappa shape index (κ2) is 6.79. The van der Waals surface area contributed by atoms with E-state index < -0.39 is 11.7 Å². The molecular formula is C22H20O4. The zero-order chi connectivity index (χ0) is 18.1. The molecule has 0 amide bonds. The SMILES string of the molecule is Cc1cc(O[C@H]2CCCCC2=O)c2c(-c3ccccc3)cc(=O)oc2c1. The van der Waals surface area contributed by atoms with Gasteiger partial charge in [0.05, 0.1) is 5.39 Å². The van der Waals surface area contributed by atoms with Gasteiger partial charge in [-0.1, -0.05) is 30.3 Å². The van der Waals surface area contributed by atoms with Gasteiger partial charge in [-0.15, -0.1) is 0 Å². The Hall–Kier alpha value is -2.88. The van der Waals surface area contributed by atoms with Crippen molar-refractivity contribution in [3.05, 3.63) is 64.5 Å². The summed E-state index contributed by atoms with van der Waals surface area (Å²) >= 11 is 0. The van der Waals surface area contributed by atoms with Crippen molar-refractivity contribution in [3.8, 4) is 16.9 Å². The summed E-state index contributed by atoms with van der Waals surface area (Å²) in [7, 11) is 0. The molecular weight excluding hydrogens is 328 g/mol. The summed E-state index contributed by atoms with van der Waals surface area (Å²) in [6.07, 6.45) is 2.78. The van der Waals surface area contributed by atoms with Gasteiger partial charge in [0, 0.05) is 18.1 Å². The first-order chi connectivity index (χ1) is 12.6. The maximum absolute atomic E-state index is 12.2. The minimum atomic E-state index is -0.427. The minimum Gasteiger partial charge on any atom is -0.482 e. The second-order valence-corrected chi connectivity index (χ2v) is 6.80. The summed E-state index contributed by atoms with van der Waals surface area (Å²) in [5.41, 5.74) is 2.67. The Morgan fingerprint density at radius 3 is 2.62 bits per heavy atom. The largest absolute Gasteiger partial charge is 0.482 e. The molecule has 1 aliphatic carbocycles. The minimum absolute atomic E-state index is 0.143. The molecule has 0 N–H and O–H groups in total. The third-order valence-corrected chi connectivity index (χ3v) is 4.81. The quantitative estimate of drug-likeness (QED) is 0.646. The number of hydrogen-bond acceptors (Lipinski definition) is 4. The lowest BCUT2D eigenvalue weighted by atomic mass is 9.96. The van der Waals surface area contributed by atoms with E-state index in [2.05, 4.69) is 0 Å². The number of Topliss-reactive ketones (excluding diaryl/α,β-unsaturated/α-hetero) is 1. The zero-order valence-corrected chi connectivity index (χ0v) is 14.7. The normalized spacial score (nSPS) is 17.4. The maximum atomic E-state index is 12.2. The van der Waals surface area contributed by atoms with E-state index in [1.54, 1.807) is 0 Å². The monoisotopic (exact) mass is 348 g/mol. The number of ether oxygens (including phenoxy) is 1. The van der Waals surface area contributed by atoms with Crippen LogP contribution >= 0.6 is 0 Å². The third-order valence-electron chi connectivity index (χ3n) is 4.81. The van der Waals surface area contributed by atoms with Crippen molar-refractivity contribution in [1.29, 1.82) is 0 Å². The van der Waals surface area contributed by atoms with E-state index in [0.29, 0.717) is 17.8 Å². The highest BCUT2D eigenvalue weighted by molar-refractivity contribution is 5.98. The van der Waals surface area contributed by atoms with Gasteiger partial charge in [0.2, 0.25) is 0 Å². The fourth-order valence-corrected chi connectivity index (χ4v) is 3.56. The highest BCUT2D eigenvalue weighted by atomic mass is 16.5. The van der Waals surface area contributed by atoms with Crippen LogP contribution in [0.1, 0.15) is 31.2 Å². The highest BCUT2D eigenvalue weighted by Crippen LogP contribution is 2.36. The summed E-state index contributed by atoms with van der Waals surface area (Å²) in [6.45, 7) is 1.92. The fraction of sp³-hybridized carbons (Fsp3) is 0.273. The molecule has 4 rings (SSSR count). The lowest BCUT2D eigenvalue weighted by Crippen LogP contribution is -2.30. The summed E-state index contributed by atoms with van der Waals surface area (Å²) < 4.78 is 11.6. The molecule has 0 saturated heterocycles. The van der Waals surface area contributed by atoms with Crippen LogP contribution in [0.5, 0.6) is 5.75 Å². The molecule has 0 aliphatic heterocycles. The molecule has 1 heterocycles. The molecule has 0 spiro atoms. The van der Waals surface area contributed by atoms with Crippen LogP contribution in [-0.2, 0) is 4.79 Å². The highest BCUT2D eigenvalue weighted by Gasteiger charge is 2.25. The first kappa shape index (κ1) is 16.6. The molecule has 1 atom stereocenters. The van der Waals surface area contributed by atoms with Crippen LogP contribution in [0.15, 0.2) is 57.7 Å². The number of ketones is 1. The van der Waals surface area contributed by atoms with Crippen molar-refractivity contribution >= 4 is 16.8 Å². The smallest absolute Gasteiger partial charge is 0.336 e. The third kappa shape index (κ3) is 3.15. The molecule has 0 unspecified atom stereocenters. The van der Waals surface area contributed by atoms with Crippen molar-refractivity contribution in [2.75, 3.05) is 0 Å². The van der Waals surface area contributed by atoms with E-state index in [0.717, 1.165) is 41.3 Å². The standard InChI is InChI=1S/C22H20O4/c1-14-11-19(25-18-10-6-5-9-17(18)23)22-16(15-7-3-2-4-8-15)13-21(24)26-20(22)12-14/h2-4,7-8,11-13,18H,5-6,9-10H2,1H3/t18-/m0/s1. The van der Waals surface area contributed by atoms with Crippen molar-refractivity contribution in [2.45, 2.75) is 38.7 Å². The average molecular weight is 348 g/mol. The molecule has 3 aromatic rings. The van der Waals surface area contributed by atoms with E-state index >= 15 is 0 Å². The molecule has 0 radical (unpaired) electrons. The van der Waals surface area contributed by atoms with Gasteiger partial charge in [0.1, 0.15) is 11.3 Å². The van der Waals surface area contributed by atoms with E-state index in [1.807, 2.05) is 49.4 Å². The molecule has 1 fully saturated rings. The van der Waals surface area contributed by atoms with Gasteiger partial charge in [-0.05, 0) is 49.4 Å². The van der Waals surface area contributed by atoms with E-state index in [4.69, 9.17) is 9.15 Å². The van der Waals surface area contributed by atoms with Crippen LogP contribution < -0.4 is 10.4 Å². The van der Waals surface area contributed by atoms with Gasteiger partial charge < -0.3 is 9.15 Å². The van der Waals surface area contributed by atoms with Crippen LogP contribution in [0, 0.1) is 6.92 Å². The predicted molar refractivity (Wildman–Crippen MR) is 101 cm³/mol. The Bertz CT molecular complexity index is 1020. The summed E-state index contributed by atoms with van der Waals surface area (Å²) in [4.78, 5) is 24.3. The van der Waals surface area contributed by atoms with Crippen molar-refractivity contribution < 1.29 is 13.9 Å². The van der Waals surface area contributed by atoms with Crippen molar-refractivity contribution in [2.24, 2.45) is 0 Å². The van der Waals surface area contributed by atoms with Gasteiger partial charge in [-0.25, -0.2) is 4.79 Å². The molecule has 2 aromatic carbocycles. The van der Waals surface area contributed by atoms with Crippen LogP contribution in [0.4, 0.5) is 0 Å². The first-order valence-electron chi connectivity index (χ1n) is 8.95. The lowest BCUT2D eigenvalue weighted by Gasteiger charge is -2.23. The number of carbonyl (C=O) groups is 1. The first-order valence-corrected chi connectivity index (χ1v) is 8.95. The molecule has 4 heteroatoms. The summed E-state index contributed by atoms with van der Waals surface area (Å²) in [6, 6.07) is 14.9. The number of benzene rings is 2. The number of fused-ring (bicyclic) bond motifs is 1.